The molecule has 0 N–H and O–H groups in total. The Bertz CT molecular complexity index is 1000. The van der Waals surface area contributed by atoms with E-state index in [0.717, 1.165) is 17.7 Å². The number of thiophene rings is 1. The number of carbonyl (C=O) groups excluding carboxylic acids is 1. The summed E-state index contributed by atoms with van der Waals surface area (Å²) in [5, 5.41) is 11.5. The van der Waals surface area contributed by atoms with E-state index < -0.39 is 0 Å². The minimum absolute atomic E-state index is 0.0386. The zero-order chi connectivity index (χ0) is 17.8. The number of hydrogen-bond acceptors (Lipinski definition) is 5. The molecule has 3 rings (SSSR count). The Morgan fingerprint density at radius 1 is 1.40 bits per heavy atom. The molecular formula is C18H17N3O2S2. The van der Waals surface area contributed by atoms with E-state index in [1.165, 1.54) is 27.2 Å². The molecule has 2 aromatic rings. The molecule has 0 radical (unpaired) electrons. The lowest BCUT2D eigenvalue weighted by Gasteiger charge is -2.13. The first-order valence-electron chi connectivity index (χ1n) is 7.95. The highest BCUT2D eigenvalue weighted by Gasteiger charge is 2.23. The number of aromatic nitrogens is 1. The van der Waals surface area contributed by atoms with Crippen molar-refractivity contribution in [3.05, 3.63) is 54.6 Å². The van der Waals surface area contributed by atoms with E-state index in [4.69, 9.17) is 0 Å². The third-order valence-electron chi connectivity index (χ3n) is 3.97. The average molecular weight is 371 g/mol. The quantitative estimate of drug-likeness (QED) is 0.761. The number of nitrogens with zero attached hydrogens (tertiary/aromatic N) is 3. The second-order valence-corrected chi connectivity index (χ2v) is 7.63. The summed E-state index contributed by atoms with van der Waals surface area (Å²) < 4.78 is 2.39. The van der Waals surface area contributed by atoms with Gasteiger partial charge in [0.25, 0.3) is 11.5 Å². The van der Waals surface area contributed by atoms with Crippen LogP contribution in [0.25, 0.3) is 11.6 Å². The van der Waals surface area contributed by atoms with Crippen molar-refractivity contribution in [2.45, 2.75) is 19.4 Å². The summed E-state index contributed by atoms with van der Waals surface area (Å²) in [5.74, 6) is -0.290. The fourth-order valence-corrected chi connectivity index (χ4v) is 4.59. The Kier molecular flexibility index (Phi) is 5.31. The molecule has 128 valence electrons. The van der Waals surface area contributed by atoms with Gasteiger partial charge in [0.15, 0.2) is 5.57 Å². The maximum absolute atomic E-state index is 12.7. The van der Waals surface area contributed by atoms with Crippen molar-refractivity contribution in [3.8, 4) is 6.07 Å². The summed E-state index contributed by atoms with van der Waals surface area (Å²) in [6.07, 6.45) is 5.30. The molecule has 2 aromatic heterocycles. The molecule has 0 bridgehead atoms. The molecule has 1 fully saturated rings. The molecule has 3 heterocycles. The molecule has 0 aliphatic carbocycles. The lowest BCUT2D eigenvalue weighted by molar-refractivity contribution is -0.123. The Hall–Kier alpha value is -2.43. The zero-order valence-electron chi connectivity index (χ0n) is 13.6. The summed E-state index contributed by atoms with van der Waals surface area (Å²) in [7, 11) is 0. The average Bonchev–Trinajstić information content (AvgIpc) is 3.35. The molecular weight excluding hydrogens is 354 g/mol. The highest BCUT2D eigenvalue weighted by Crippen LogP contribution is 2.12. The largest absolute Gasteiger partial charge is 0.338 e. The van der Waals surface area contributed by atoms with Crippen LogP contribution in [0, 0.1) is 11.3 Å². The van der Waals surface area contributed by atoms with Crippen LogP contribution >= 0.6 is 22.7 Å². The van der Waals surface area contributed by atoms with Crippen LogP contribution in [-0.2, 0) is 11.3 Å². The van der Waals surface area contributed by atoms with E-state index in [9.17, 15) is 14.9 Å². The summed E-state index contributed by atoms with van der Waals surface area (Å²) in [6.45, 7) is 5.27. The Morgan fingerprint density at radius 3 is 2.76 bits per heavy atom. The SMILES string of the molecule is C=CCn1c(=O)/c(=C\c2cccs2)s/c1=C(\C#N)C(=O)N1CCCC1. The maximum Gasteiger partial charge on any atom is 0.269 e. The normalized spacial score (nSPS) is 16.0. The number of nitriles is 1. The summed E-state index contributed by atoms with van der Waals surface area (Å²) in [5.41, 5.74) is -0.160. The van der Waals surface area contributed by atoms with Gasteiger partial charge in [-0.05, 0) is 30.4 Å². The van der Waals surface area contributed by atoms with Gasteiger partial charge >= 0.3 is 0 Å². The van der Waals surface area contributed by atoms with Crippen molar-refractivity contribution in [2.75, 3.05) is 13.1 Å². The monoisotopic (exact) mass is 371 g/mol. The predicted octanol–water partition coefficient (Wildman–Crippen LogP) is 1.28. The molecule has 0 unspecified atom stereocenters. The van der Waals surface area contributed by atoms with Gasteiger partial charge in [-0.25, -0.2) is 0 Å². The molecule has 7 heteroatoms. The number of allylic oxidation sites excluding steroid dienone is 1. The number of rotatable bonds is 4. The van der Waals surface area contributed by atoms with Crippen molar-refractivity contribution in [1.82, 2.24) is 9.47 Å². The second kappa shape index (κ2) is 7.64. The molecule has 1 amide bonds. The van der Waals surface area contributed by atoms with E-state index in [1.54, 1.807) is 17.1 Å². The number of amides is 1. The molecule has 0 spiro atoms. The summed E-state index contributed by atoms with van der Waals surface area (Å²) in [4.78, 5) is 28.1. The Morgan fingerprint density at radius 2 is 2.16 bits per heavy atom. The van der Waals surface area contributed by atoms with Crippen molar-refractivity contribution in [1.29, 1.82) is 5.26 Å². The molecule has 0 saturated carbocycles. The van der Waals surface area contributed by atoms with Gasteiger partial charge in [0.1, 0.15) is 10.7 Å². The predicted molar refractivity (Wildman–Crippen MR) is 101 cm³/mol. The van der Waals surface area contributed by atoms with Gasteiger partial charge < -0.3 is 4.90 Å². The molecule has 1 aliphatic heterocycles. The summed E-state index contributed by atoms with van der Waals surface area (Å²) >= 11 is 2.72. The second-order valence-electron chi connectivity index (χ2n) is 5.62. The number of thiazole rings is 1. The maximum atomic E-state index is 12.7. The third-order valence-corrected chi connectivity index (χ3v) is 5.92. The number of carbonyl (C=O) groups is 1. The van der Waals surface area contributed by atoms with Gasteiger partial charge in [-0.15, -0.1) is 29.3 Å². The number of hydrogen-bond donors (Lipinski definition) is 0. The minimum atomic E-state index is -0.290. The highest BCUT2D eigenvalue weighted by molar-refractivity contribution is 7.11. The standard InChI is InChI=1S/C18H17N3O2S2/c1-2-7-21-17(23)15(11-13-6-5-10-24-13)25-18(21)14(12-19)16(22)20-8-3-4-9-20/h2,5-6,10-11H,1,3-4,7-9H2/b15-11+,18-14+. The van der Waals surface area contributed by atoms with Gasteiger partial charge in [-0.2, -0.15) is 5.26 Å². The first-order chi connectivity index (χ1) is 12.2. The molecule has 25 heavy (non-hydrogen) atoms. The van der Waals surface area contributed by atoms with Gasteiger partial charge in [-0.3, -0.25) is 14.2 Å². The van der Waals surface area contributed by atoms with Gasteiger partial charge in [0.2, 0.25) is 0 Å². The lowest BCUT2D eigenvalue weighted by atomic mass is 10.3. The fourth-order valence-electron chi connectivity index (χ4n) is 2.77. The van der Waals surface area contributed by atoms with Crippen LogP contribution in [0.3, 0.4) is 0 Å². The van der Waals surface area contributed by atoms with Crippen molar-refractivity contribution in [3.63, 3.8) is 0 Å². The van der Waals surface area contributed by atoms with E-state index in [0.29, 0.717) is 22.3 Å². The third kappa shape index (κ3) is 3.50. The van der Waals surface area contributed by atoms with Crippen molar-refractivity contribution in [2.24, 2.45) is 0 Å². The summed E-state index contributed by atoms with van der Waals surface area (Å²) in [6, 6.07) is 5.86. The molecule has 0 aromatic carbocycles. The molecule has 5 nitrogen and oxygen atoms in total. The van der Waals surface area contributed by atoms with E-state index >= 15 is 0 Å². The van der Waals surface area contributed by atoms with Crippen LogP contribution in [0.2, 0.25) is 0 Å². The van der Waals surface area contributed by atoms with Gasteiger partial charge in [0.05, 0.1) is 4.53 Å². The van der Waals surface area contributed by atoms with Crippen LogP contribution < -0.4 is 14.8 Å². The Labute approximate surface area is 153 Å². The molecule has 0 atom stereocenters. The number of likely N-dealkylation sites (tertiary alicyclic amines) is 1. The fraction of sp³-hybridized carbons (Fsp3) is 0.278. The zero-order valence-corrected chi connectivity index (χ0v) is 15.2. The smallest absolute Gasteiger partial charge is 0.269 e. The van der Waals surface area contributed by atoms with Crippen LogP contribution in [0.5, 0.6) is 0 Å². The van der Waals surface area contributed by atoms with Crippen LogP contribution in [-0.4, -0.2) is 28.5 Å². The van der Waals surface area contributed by atoms with Crippen LogP contribution in [0.4, 0.5) is 0 Å². The first-order valence-corrected chi connectivity index (χ1v) is 9.64. The van der Waals surface area contributed by atoms with E-state index in [1.807, 2.05) is 23.6 Å². The van der Waals surface area contributed by atoms with E-state index in [2.05, 4.69) is 6.58 Å². The molecule has 1 saturated heterocycles. The lowest BCUT2D eigenvalue weighted by Crippen LogP contribution is -2.35. The molecule has 1 aliphatic rings. The van der Waals surface area contributed by atoms with Crippen molar-refractivity contribution < 1.29 is 4.79 Å². The Balaban J connectivity index is 2.23. The first kappa shape index (κ1) is 17.4. The highest BCUT2D eigenvalue weighted by atomic mass is 32.1. The van der Waals surface area contributed by atoms with Gasteiger partial charge in [-0.1, -0.05) is 12.1 Å². The van der Waals surface area contributed by atoms with Crippen LogP contribution in [0.1, 0.15) is 17.7 Å². The minimum Gasteiger partial charge on any atom is -0.338 e. The van der Waals surface area contributed by atoms with Crippen LogP contribution in [0.15, 0.2) is 35.0 Å². The van der Waals surface area contributed by atoms with E-state index in [-0.39, 0.29) is 23.6 Å². The topological polar surface area (TPSA) is 66.1 Å². The van der Waals surface area contributed by atoms with Gasteiger partial charge in [0, 0.05) is 24.5 Å². The van der Waals surface area contributed by atoms with Crippen molar-refractivity contribution >= 4 is 40.2 Å².